The molecule has 0 spiro atoms. The highest BCUT2D eigenvalue weighted by Crippen LogP contribution is 2.10. The summed E-state index contributed by atoms with van der Waals surface area (Å²) in [5.41, 5.74) is 4.21. The summed E-state index contributed by atoms with van der Waals surface area (Å²) in [7, 11) is 1.73. The van der Waals surface area contributed by atoms with Crippen molar-refractivity contribution in [1.29, 1.82) is 0 Å². The van der Waals surface area contributed by atoms with Crippen LogP contribution < -0.4 is 11.3 Å². The lowest BCUT2D eigenvalue weighted by atomic mass is 10.1. The zero-order chi connectivity index (χ0) is 10.2. The molecule has 4 heteroatoms. The lowest BCUT2D eigenvalue weighted by Crippen LogP contribution is -2.36. The number of hydrazine groups is 1. The third kappa shape index (κ3) is 4.19. The second-order valence-corrected chi connectivity index (χ2v) is 4.11. The van der Waals surface area contributed by atoms with Crippen molar-refractivity contribution < 1.29 is 4.74 Å². The summed E-state index contributed by atoms with van der Waals surface area (Å²) in [6, 6.07) is 2.51. The number of ether oxygens (including phenoxy) is 1. The molecule has 1 atom stereocenters. The minimum absolute atomic E-state index is 0.361. The van der Waals surface area contributed by atoms with Crippen molar-refractivity contribution in [2.24, 2.45) is 5.84 Å². The minimum atomic E-state index is 0.361. The summed E-state index contributed by atoms with van der Waals surface area (Å²) < 4.78 is 5.01. The SMILES string of the molecule is COCCCC(Cc1ccsc1)NN. The molecule has 0 aliphatic heterocycles. The molecule has 0 fully saturated rings. The van der Waals surface area contributed by atoms with E-state index in [1.807, 2.05) is 0 Å². The standard InChI is InChI=1S/C10H18N2OS/c1-13-5-2-3-10(12-11)7-9-4-6-14-8-9/h4,6,8,10,12H,2-3,5,7,11H2,1H3. The highest BCUT2D eigenvalue weighted by Gasteiger charge is 2.07. The summed E-state index contributed by atoms with van der Waals surface area (Å²) >= 11 is 1.73. The van der Waals surface area contributed by atoms with Gasteiger partial charge in [-0.2, -0.15) is 11.3 Å². The predicted molar refractivity (Wildman–Crippen MR) is 60.2 cm³/mol. The molecule has 80 valence electrons. The van der Waals surface area contributed by atoms with Crippen LogP contribution in [0.25, 0.3) is 0 Å². The maximum Gasteiger partial charge on any atom is 0.0462 e. The Labute approximate surface area is 89.2 Å². The van der Waals surface area contributed by atoms with Gasteiger partial charge in [-0.15, -0.1) is 0 Å². The van der Waals surface area contributed by atoms with Crippen LogP contribution in [0.2, 0.25) is 0 Å². The summed E-state index contributed by atoms with van der Waals surface area (Å²) in [4.78, 5) is 0. The Morgan fingerprint density at radius 2 is 2.50 bits per heavy atom. The van der Waals surface area contributed by atoms with Crippen molar-refractivity contribution in [2.45, 2.75) is 25.3 Å². The molecule has 0 saturated heterocycles. The molecular formula is C10H18N2OS. The van der Waals surface area contributed by atoms with Crippen LogP contribution in [0.15, 0.2) is 16.8 Å². The van der Waals surface area contributed by atoms with Gasteiger partial charge in [0.15, 0.2) is 0 Å². The van der Waals surface area contributed by atoms with Gasteiger partial charge in [0.05, 0.1) is 0 Å². The Hall–Kier alpha value is -0.420. The molecule has 3 N–H and O–H groups in total. The number of thiophene rings is 1. The Balaban J connectivity index is 2.24. The molecule has 1 aromatic rings. The fourth-order valence-electron chi connectivity index (χ4n) is 1.41. The van der Waals surface area contributed by atoms with Crippen molar-refractivity contribution in [3.63, 3.8) is 0 Å². The van der Waals surface area contributed by atoms with Gasteiger partial charge in [-0.1, -0.05) is 0 Å². The molecule has 0 aliphatic rings. The number of nitrogens with two attached hydrogens (primary N) is 1. The number of methoxy groups -OCH3 is 1. The zero-order valence-electron chi connectivity index (χ0n) is 8.53. The van der Waals surface area contributed by atoms with Crippen molar-refractivity contribution in [3.05, 3.63) is 22.4 Å². The van der Waals surface area contributed by atoms with Crippen molar-refractivity contribution in [2.75, 3.05) is 13.7 Å². The van der Waals surface area contributed by atoms with Gasteiger partial charge in [-0.25, -0.2) is 0 Å². The van der Waals surface area contributed by atoms with Crippen LogP contribution in [0.4, 0.5) is 0 Å². The first-order valence-corrected chi connectivity index (χ1v) is 5.77. The van der Waals surface area contributed by atoms with Crippen LogP contribution in [0, 0.1) is 0 Å². The fourth-order valence-corrected chi connectivity index (χ4v) is 2.09. The second kappa shape index (κ2) is 6.95. The van der Waals surface area contributed by atoms with E-state index in [4.69, 9.17) is 10.6 Å². The van der Waals surface area contributed by atoms with Crippen LogP contribution in [-0.2, 0) is 11.2 Å². The Morgan fingerprint density at radius 3 is 3.07 bits per heavy atom. The summed E-state index contributed by atoms with van der Waals surface area (Å²) in [5, 5.41) is 4.26. The lowest BCUT2D eigenvalue weighted by Gasteiger charge is -2.14. The first-order valence-electron chi connectivity index (χ1n) is 4.83. The van der Waals surface area contributed by atoms with Gasteiger partial charge in [0, 0.05) is 19.8 Å². The zero-order valence-corrected chi connectivity index (χ0v) is 9.35. The van der Waals surface area contributed by atoms with Gasteiger partial charge < -0.3 is 4.74 Å². The van der Waals surface area contributed by atoms with Crippen molar-refractivity contribution in [1.82, 2.24) is 5.43 Å². The van der Waals surface area contributed by atoms with Crippen LogP contribution in [-0.4, -0.2) is 19.8 Å². The van der Waals surface area contributed by atoms with E-state index < -0.39 is 0 Å². The van der Waals surface area contributed by atoms with Gasteiger partial charge in [0.25, 0.3) is 0 Å². The third-order valence-corrected chi connectivity index (χ3v) is 2.93. The Kier molecular flexibility index (Phi) is 5.78. The maximum atomic E-state index is 5.48. The number of nitrogens with one attached hydrogen (secondary N) is 1. The van der Waals surface area contributed by atoms with E-state index in [-0.39, 0.29) is 0 Å². The first kappa shape index (κ1) is 11.7. The van der Waals surface area contributed by atoms with Crippen molar-refractivity contribution in [3.8, 4) is 0 Å². The molecular weight excluding hydrogens is 196 g/mol. The van der Waals surface area contributed by atoms with Crippen molar-refractivity contribution >= 4 is 11.3 Å². The Morgan fingerprint density at radius 1 is 1.64 bits per heavy atom. The molecule has 1 unspecified atom stereocenters. The fraction of sp³-hybridized carbons (Fsp3) is 0.600. The van der Waals surface area contributed by atoms with E-state index in [9.17, 15) is 0 Å². The summed E-state index contributed by atoms with van der Waals surface area (Å²) in [6.07, 6.45) is 3.11. The minimum Gasteiger partial charge on any atom is -0.385 e. The Bertz CT molecular complexity index is 226. The average molecular weight is 214 g/mol. The first-order chi connectivity index (χ1) is 6.86. The van der Waals surface area contributed by atoms with Crippen LogP contribution >= 0.6 is 11.3 Å². The average Bonchev–Trinajstić information content (AvgIpc) is 2.69. The van der Waals surface area contributed by atoms with E-state index in [1.165, 1.54) is 5.56 Å². The molecule has 1 aromatic heterocycles. The molecule has 0 amide bonds. The normalized spacial score (nSPS) is 13.0. The van der Waals surface area contributed by atoms with E-state index in [0.29, 0.717) is 6.04 Å². The molecule has 1 heterocycles. The van der Waals surface area contributed by atoms with Crippen LogP contribution in [0.5, 0.6) is 0 Å². The monoisotopic (exact) mass is 214 g/mol. The largest absolute Gasteiger partial charge is 0.385 e. The van der Waals surface area contributed by atoms with E-state index in [1.54, 1.807) is 18.4 Å². The highest BCUT2D eigenvalue weighted by atomic mass is 32.1. The predicted octanol–water partition coefficient (Wildman–Crippen LogP) is 1.55. The highest BCUT2D eigenvalue weighted by molar-refractivity contribution is 7.07. The lowest BCUT2D eigenvalue weighted by molar-refractivity contribution is 0.188. The van der Waals surface area contributed by atoms with E-state index in [0.717, 1.165) is 25.9 Å². The third-order valence-electron chi connectivity index (χ3n) is 2.20. The number of rotatable bonds is 7. The van der Waals surface area contributed by atoms with Gasteiger partial charge >= 0.3 is 0 Å². The second-order valence-electron chi connectivity index (χ2n) is 3.33. The van der Waals surface area contributed by atoms with Gasteiger partial charge in [0.2, 0.25) is 0 Å². The molecule has 0 aromatic carbocycles. The molecule has 0 aliphatic carbocycles. The quantitative estimate of drug-likeness (QED) is 0.411. The number of hydrogen-bond acceptors (Lipinski definition) is 4. The topological polar surface area (TPSA) is 47.3 Å². The molecule has 0 saturated carbocycles. The maximum absolute atomic E-state index is 5.48. The molecule has 3 nitrogen and oxygen atoms in total. The smallest absolute Gasteiger partial charge is 0.0462 e. The summed E-state index contributed by atoms with van der Waals surface area (Å²) in [6.45, 7) is 0.807. The summed E-state index contributed by atoms with van der Waals surface area (Å²) in [5.74, 6) is 5.48. The van der Waals surface area contributed by atoms with E-state index >= 15 is 0 Å². The van der Waals surface area contributed by atoms with Gasteiger partial charge in [-0.3, -0.25) is 11.3 Å². The van der Waals surface area contributed by atoms with Gasteiger partial charge in [-0.05, 0) is 41.7 Å². The van der Waals surface area contributed by atoms with Gasteiger partial charge in [0.1, 0.15) is 0 Å². The molecule has 0 bridgehead atoms. The van der Waals surface area contributed by atoms with Crippen LogP contribution in [0.1, 0.15) is 18.4 Å². The molecule has 0 radical (unpaired) electrons. The molecule has 14 heavy (non-hydrogen) atoms. The van der Waals surface area contributed by atoms with E-state index in [2.05, 4.69) is 22.3 Å². The molecule has 1 rings (SSSR count). The van der Waals surface area contributed by atoms with Crippen LogP contribution in [0.3, 0.4) is 0 Å². The number of hydrogen-bond donors (Lipinski definition) is 2.